The van der Waals surface area contributed by atoms with Crippen molar-refractivity contribution >= 4 is 35.3 Å². The number of halogens is 1. The average Bonchev–Trinajstić information content (AvgIpc) is 3.23. The summed E-state index contributed by atoms with van der Waals surface area (Å²) in [5.41, 5.74) is 0.594. The van der Waals surface area contributed by atoms with Crippen molar-refractivity contribution in [3.8, 4) is 0 Å². The molecule has 1 aromatic carbocycles. The zero-order chi connectivity index (χ0) is 19.3. The number of ether oxygens (including phenoxy) is 1. The van der Waals surface area contributed by atoms with Gasteiger partial charge in [0.1, 0.15) is 12.1 Å². The van der Waals surface area contributed by atoms with E-state index in [0.29, 0.717) is 30.4 Å². The molecule has 0 spiro atoms. The number of amides is 3. The summed E-state index contributed by atoms with van der Waals surface area (Å²) >= 11 is 6.15. The summed E-state index contributed by atoms with van der Waals surface area (Å²) < 4.78 is 4.84. The summed E-state index contributed by atoms with van der Waals surface area (Å²) in [5.74, 6) is -1.65. The summed E-state index contributed by atoms with van der Waals surface area (Å²) in [5, 5.41) is 0. The third kappa shape index (κ3) is 2.56. The minimum Gasteiger partial charge on any atom is -0.467 e. The number of hydrogen-bond acceptors (Lipinski definition) is 5. The predicted molar refractivity (Wildman–Crippen MR) is 95.2 cm³/mol. The van der Waals surface area contributed by atoms with Crippen LogP contribution in [0, 0.1) is 5.92 Å². The molecule has 0 radical (unpaired) electrons. The van der Waals surface area contributed by atoms with Crippen LogP contribution in [0.5, 0.6) is 0 Å². The smallest absolute Gasteiger partial charge is 0.328 e. The molecular weight excluding hydrogens is 372 g/mol. The number of benzene rings is 1. The number of piperidine rings is 1. The molecule has 4 rings (SSSR count). The van der Waals surface area contributed by atoms with Gasteiger partial charge in [0.25, 0.3) is 11.8 Å². The first-order valence-corrected chi connectivity index (χ1v) is 9.46. The summed E-state index contributed by atoms with van der Waals surface area (Å²) in [4.78, 5) is 53.6. The fourth-order valence-electron chi connectivity index (χ4n) is 4.57. The Kier molecular flexibility index (Phi) is 4.42. The number of imide groups is 1. The second-order valence-electron chi connectivity index (χ2n) is 7.12. The lowest BCUT2D eigenvalue weighted by molar-refractivity contribution is -0.157. The Morgan fingerprint density at radius 3 is 2.33 bits per heavy atom. The van der Waals surface area contributed by atoms with Crippen LogP contribution in [0.3, 0.4) is 0 Å². The lowest BCUT2D eigenvalue weighted by Crippen LogP contribution is -2.61. The maximum atomic E-state index is 13.3. The van der Waals surface area contributed by atoms with Gasteiger partial charge < -0.3 is 9.64 Å². The topological polar surface area (TPSA) is 84.0 Å². The fraction of sp³-hybridized carbons (Fsp3) is 0.474. The van der Waals surface area contributed by atoms with Gasteiger partial charge in [0, 0.05) is 11.9 Å². The monoisotopic (exact) mass is 390 g/mol. The van der Waals surface area contributed by atoms with Gasteiger partial charge in [0.05, 0.1) is 18.2 Å². The number of rotatable bonds is 3. The lowest BCUT2D eigenvalue weighted by Gasteiger charge is -2.43. The summed E-state index contributed by atoms with van der Waals surface area (Å²) in [6.45, 7) is 0. The van der Waals surface area contributed by atoms with Gasteiger partial charge in [0.15, 0.2) is 0 Å². The zero-order valence-corrected chi connectivity index (χ0v) is 15.5. The van der Waals surface area contributed by atoms with Crippen LogP contribution < -0.4 is 0 Å². The maximum Gasteiger partial charge on any atom is 0.328 e. The minimum absolute atomic E-state index is 0.103. The molecule has 3 amide bonds. The van der Waals surface area contributed by atoms with Crippen molar-refractivity contribution in [3.63, 3.8) is 0 Å². The van der Waals surface area contributed by atoms with E-state index in [1.807, 2.05) is 0 Å². The molecule has 0 N–H and O–H groups in total. The largest absolute Gasteiger partial charge is 0.467 e. The molecule has 0 bridgehead atoms. The van der Waals surface area contributed by atoms with Crippen LogP contribution in [-0.2, 0) is 14.3 Å². The first-order valence-electron chi connectivity index (χ1n) is 8.92. The van der Waals surface area contributed by atoms with E-state index in [4.69, 9.17) is 16.3 Å². The third-order valence-electron chi connectivity index (χ3n) is 5.85. The van der Waals surface area contributed by atoms with Crippen molar-refractivity contribution in [2.75, 3.05) is 13.0 Å². The van der Waals surface area contributed by atoms with Crippen molar-refractivity contribution in [2.45, 2.75) is 37.4 Å². The Morgan fingerprint density at radius 2 is 1.78 bits per heavy atom. The van der Waals surface area contributed by atoms with E-state index < -0.39 is 29.9 Å². The molecule has 3 aliphatic rings. The quantitative estimate of drug-likeness (QED) is 0.443. The van der Waals surface area contributed by atoms with Crippen molar-refractivity contribution in [3.05, 3.63) is 35.4 Å². The van der Waals surface area contributed by atoms with Gasteiger partial charge in [-0.15, -0.1) is 11.6 Å². The number of hydrogen-bond donors (Lipinski definition) is 0. The van der Waals surface area contributed by atoms with Crippen LogP contribution in [0.25, 0.3) is 0 Å². The number of carbonyl (C=O) groups is 4. The van der Waals surface area contributed by atoms with Crippen LogP contribution >= 0.6 is 11.6 Å². The lowest BCUT2D eigenvalue weighted by atomic mass is 9.86. The van der Waals surface area contributed by atoms with Gasteiger partial charge in [-0.25, -0.2) is 4.79 Å². The van der Waals surface area contributed by atoms with E-state index in [1.54, 1.807) is 24.3 Å². The standard InChI is InChI=1S/C19H19ClN2O5/c1-27-19(26)14-7-6-13-10(9-20)8-15(18(25)21(13)14)22-16(23)11-4-2-3-5-12(11)17(22)24/h2-5,10,13-15H,6-9H2,1H3/t10?,13-,14+,15+/m1/s1. The highest BCUT2D eigenvalue weighted by Gasteiger charge is 2.54. The summed E-state index contributed by atoms with van der Waals surface area (Å²) in [6, 6.07) is 4.70. The molecule has 2 saturated heterocycles. The highest BCUT2D eigenvalue weighted by atomic mass is 35.5. The second kappa shape index (κ2) is 6.64. The molecule has 3 heterocycles. The summed E-state index contributed by atoms with van der Waals surface area (Å²) in [7, 11) is 1.28. The van der Waals surface area contributed by atoms with Crippen LogP contribution in [0.2, 0.25) is 0 Å². The molecule has 4 atom stereocenters. The molecule has 7 nitrogen and oxygen atoms in total. The van der Waals surface area contributed by atoms with Crippen LogP contribution in [0.1, 0.15) is 40.0 Å². The number of fused-ring (bicyclic) bond motifs is 2. The van der Waals surface area contributed by atoms with E-state index in [-0.39, 0.29) is 23.7 Å². The van der Waals surface area contributed by atoms with Gasteiger partial charge >= 0.3 is 5.97 Å². The van der Waals surface area contributed by atoms with Crippen molar-refractivity contribution in [2.24, 2.45) is 5.92 Å². The average molecular weight is 391 g/mol. The van der Waals surface area contributed by atoms with E-state index in [2.05, 4.69) is 0 Å². The molecule has 0 aromatic heterocycles. The van der Waals surface area contributed by atoms with Crippen molar-refractivity contribution in [1.29, 1.82) is 0 Å². The third-order valence-corrected chi connectivity index (χ3v) is 6.24. The van der Waals surface area contributed by atoms with Gasteiger partial charge in [0.2, 0.25) is 5.91 Å². The Balaban J connectivity index is 1.70. The molecule has 3 aliphatic heterocycles. The Hall–Kier alpha value is -2.41. The highest BCUT2D eigenvalue weighted by Crippen LogP contribution is 2.40. The molecule has 8 heteroatoms. The van der Waals surface area contributed by atoms with E-state index in [0.717, 1.165) is 4.90 Å². The highest BCUT2D eigenvalue weighted by molar-refractivity contribution is 6.23. The molecule has 142 valence electrons. The summed E-state index contributed by atoms with van der Waals surface area (Å²) in [6.07, 6.45) is 1.45. The second-order valence-corrected chi connectivity index (χ2v) is 7.43. The Labute approximate surface area is 161 Å². The van der Waals surface area contributed by atoms with Crippen molar-refractivity contribution < 1.29 is 23.9 Å². The van der Waals surface area contributed by atoms with Gasteiger partial charge in [-0.1, -0.05) is 12.1 Å². The van der Waals surface area contributed by atoms with Crippen LogP contribution in [-0.4, -0.2) is 64.6 Å². The van der Waals surface area contributed by atoms with Gasteiger partial charge in [-0.05, 0) is 37.3 Å². The SMILES string of the molecule is COC(=O)[C@@H]1CC[C@@H]2C(CCl)C[C@H](N3C(=O)c4ccccc4C3=O)C(=O)N21. The number of nitrogens with zero attached hydrogens (tertiary/aromatic N) is 2. The van der Waals surface area contributed by atoms with Crippen LogP contribution in [0.15, 0.2) is 24.3 Å². The predicted octanol–water partition coefficient (Wildman–Crippen LogP) is 1.44. The zero-order valence-electron chi connectivity index (χ0n) is 14.8. The fourth-order valence-corrected chi connectivity index (χ4v) is 4.91. The first kappa shape index (κ1) is 18.0. The Morgan fingerprint density at radius 1 is 1.15 bits per heavy atom. The maximum absolute atomic E-state index is 13.3. The number of carbonyl (C=O) groups excluding carboxylic acids is 4. The van der Waals surface area contributed by atoms with E-state index in [1.165, 1.54) is 12.0 Å². The van der Waals surface area contributed by atoms with Crippen LogP contribution in [0.4, 0.5) is 0 Å². The normalized spacial score (nSPS) is 29.8. The Bertz CT molecular complexity index is 806. The molecule has 2 fully saturated rings. The molecule has 1 unspecified atom stereocenters. The molecule has 27 heavy (non-hydrogen) atoms. The number of alkyl halides is 1. The minimum atomic E-state index is -0.956. The van der Waals surface area contributed by atoms with Crippen molar-refractivity contribution in [1.82, 2.24) is 9.80 Å². The molecule has 0 saturated carbocycles. The number of methoxy groups -OCH3 is 1. The van der Waals surface area contributed by atoms with Gasteiger partial charge in [-0.2, -0.15) is 0 Å². The number of esters is 1. The van der Waals surface area contributed by atoms with E-state index in [9.17, 15) is 19.2 Å². The van der Waals surface area contributed by atoms with Gasteiger partial charge in [-0.3, -0.25) is 19.3 Å². The molecular formula is C19H19ClN2O5. The van der Waals surface area contributed by atoms with E-state index >= 15 is 0 Å². The molecule has 0 aliphatic carbocycles. The molecule has 1 aromatic rings. The first-order chi connectivity index (χ1) is 13.0.